The molecule has 0 saturated heterocycles. The lowest BCUT2D eigenvalue weighted by molar-refractivity contribution is -0.137. The fraction of sp³-hybridized carbons (Fsp3) is 0.214. The smallest absolute Gasteiger partial charge is 0.416 e. The summed E-state index contributed by atoms with van der Waals surface area (Å²) in [5, 5.41) is 11.8. The number of amides is 1. The van der Waals surface area contributed by atoms with E-state index in [4.69, 9.17) is 0 Å². The molecule has 2 rings (SSSR count). The predicted molar refractivity (Wildman–Crippen MR) is 81.9 cm³/mol. The number of aromatic hydroxyl groups is 1. The van der Waals surface area contributed by atoms with E-state index in [1.54, 1.807) is 0 Å². The molecule has 0 saturated carbocycles. The molecule has 1 heterocycles. The van der Waals surface area contributed by atoms with Crippen LogP contribution in [0.4, 0.5) is 13.2 Å². The molecule has 2 aromatic rings. The summed E-state index contributed by atoms with van der Waals surface area (Å²) < 4.78 is 38.8. The Morgan fingerprint density at radius 1 is 1.42 bits per heavy atom. The molecule has 0 atom stereocenters. The van der Waals surface area contributed by atoms with Crippen molar-refractivity contribution in [3.05, 3.63) is 55.7 Å². The first-order chi connectivity index (χ1) is 11.1. The van der Waals surface area contributed by atoms with Gasteiger partial charge in [-0.05, 0) is 23.8 Å². The predicted octanol–water partition coefficient (Wildman–Crippen LogP) is 2.21. The lowest BCUT2D eigenvalue weighted by atomic mass is 10.1. The first-order valence-electron chi connectivity index (χ1n) is 6.53. The number of rotatable bonds is 3. The summed E-state index contributed by atoms with van der Waals surface area (Å²) in [7, 11) is 1.29. The van der Waals surface area contributed by atoms with Crippen LogP contribution in [0.2, 0.25) is 0 Å². The van der Waals surface area contributed by atoms with Gasteiger partial charge in [-0.15, -0.1) is 0 Å². The number of halogens is 4. The first kappa shape index (κ1) is 18.0. The largest absolute Gasteiger partial charge is 0.501 e. The Kier molecular flexibility index (Phi) is 4.97. The summed E-state index contributed by atoms with van der Waals surface area (Å²) in [6, 6.07) is 3.06. The third-order valence-corrected chi connectivity index (χ3v) is 3.89. The van der Waals surface area contributed by atoms with Crippen LogP contribution in [0.1, 0.15) is 27.4 Å². The molecule has 3 N–H and O–H groups in total. The molecule has 0 radical (unpaired) electrons. The van der Waals surface area contributed by atoms with Crippen LogP contribution in [-0.2, 0) is 12.6 Å². The minimum atomic E-state index is -4.52. The lowest BCUT2D eigenvalue weighted by Gasteiger charge is -2.11. The number of benzene rings is 1. The standard InChI is InChI=1S/C14H11BrF3N3O3/c1-19-12(23)10-11(22)13(24)21-9(20-10)5-6-4-7(14(16,17)18)2-3-8(6)15/h2-4,22H,5H2,1H3,(H,19,23)(H,20,21,24). The van der Waals surface area contributed by atoms with Crippen molar-refractivity contribution < 1.29 is 23.1 Å². The van der Waals surface area contributed by atoms with Crippen molar-refractivity contribution in [2.45, 2.75) is 12.6 Å². The first-order valence-corrected chi connectivity index (χ1v) is 7.32. The van der Waals surface area contributed by atoms with E-state index in [2.05, 4.69) is 31.2 Å². The molecule has 128 valence electrons. The number of hydrogen-bond donors (Lipinski definition) is 3. The van der Waals surface area contributed by atoms with Crippen LogP contribution < -0.4 is 10.9 Å². The fourth-order valence-corrected chi connectivity index (χ4v) is 2.33. The Labute approximate surface area is 141 Å². The number of nitrogens with one attached hydrogen (secondary N) is 2. The van der Waals surface area contributed by atoms with Gasteiger partial charge in [-0.3, -0.25) is 9.59 Å². The van der Waals surface area contributed by atoms with Gasteiger partial charge in [0.05, 0.1) is 5.56 Å². The van der Waals surface area contributed by atoms with E-state index in [-0.39, 0.29) is 17.8 Å². The van der Waals surface area contributed by atoms with Gasteiger partial charge < -0.3 is 15.4 Å². The summed E-state index contributed by atoms with van der Waals surface area (Å²) in [5.74, 6) is -1.71. The lowest BCUT2D eigenvalue weighted by Crippen LogP contribution is -2.24. The third kappa shape index (κ3) is 3.75. The number of nitrogens with zero attached hydrogens (tertiary/aromatic N) is 1. The second-order valence-electron chi connectivity index (χ2n) is 4.77. The topological polar surface area (TPSA) is 95.1 Å². The second kappa shape index (κ2) is 6.63. The van der Waals surface area contributed by atoms with E-state index in [0.717, 1.165) is 12.1 Å². The van der Waals surface area contributed by atoms with E-state index >= 15 is 0 Å². The fourth-order valence-electron chi connectivity index (χ4n) is 1.94. The van der Waals surface area contributed by atoms with Gasteiger partial charge >= 0.3 is 6.18 Å². The van der Waals surface area contributed by atoms with E-state index in [1.165, 1.54) is 13.1 Å². The zero-order valence-corrected chi connectivity index (χ0v) is 13.7. The Bertz CT molecular complexity index is 849. The van der Waals surface area contributed by atoms with Crippen molar-refractivity contribution in [3.63, 3.8) is 0 Å². The molecule has 0 bridgehead atoms. The van der Waals surface area contributed by atoms with Crippen LogP contribution in [-0.4, -0.2) is 28.0 Å². The maximum Gasteiger partial charge on any atom is 0.416 e. The van der Waals surface area contributed by atoms with Crippen molar-refractivity contribution in [1.29, 1.82) is 0 Å². The van der Waals surface area contributed by atoms with Gasteiger partial charge in [0.1, 0.15) is 5.82 Å². The molecule has 1 amide bonds. The van der Waals surface area contributed by atoms with Crippen LogP contribution in [0.25, 0.3) is 0 Å². The summed E-state index contributed by atoms with van der Waals surface area (Å²) in [5.41, 5.74) is -2.10. The van der Waals surface area contributed by atoms with E-state index in [9.17, 15) is 27.9 Å². The molecule has 0 fully saturated rings. The zero-order chi connectivity index (χ0) is 18.1. The van der Waals surface area contributed by atoms with Gasteiger partial charge in [-0.1, -0.05) is 15.9 Å². The van der Waals surface area contributed by atoms with Crippen molar-refractivity contribution in [3.8, 4) is 5.75 Å². The number of H-pyrrole nitrogens is 1. The summed E-state index contributed by atoms with van der Waals surface area (Å²) >= 11 is 3.13. The highest BCUT2D eigenvalue weighted by Crippen LogP contribution is 2.32. The molecular weight excluding hydrogens is 395 g/mol. The number of aromatic nitrogens is 2. The van der Waals surface area contributed by atoms with E-state index < -0.39 is 34.6 Å². The molecule has 0 aliphatic rings. The Morgan fingerprint density at radius 3 is 2.67 bits per heavy atom. The number of hydrogen-bond acceptors (Lipinski definition) is 4. The number of aromatic amines is 1. The van der Waals surface area contributed by atoms with Crippen LogP contribution in [0.3, 0.4) is 0 Å². The molecule has 0 spiro atoms. The summed E-state index contributed by atoms with van der Waals surface area (Å²) in [6.45, 7) is 0. The maximum absolute atomic E-state index is 12.8. The minimum absolute atomic E-state index is 0.0589. The molecular formula is C14H11BrF3N3O3. The Hall–Kier alpha value is -2.36. The van der Waals surface area contributed by atoms with Gasteiger partial charge in [-0.2, -0.15) is 13.2 Å². The maximum atomic E-state index is 12.8. The van der Waals surface area contributed by atoms with E-state index in [1.807, 2.05) is 0 Å². The number of alkyl halides is 3. The molecule has 1 aromatic heterocycles. The molecule has 0 aliphatic heterocycles. The summed E-state index contributed by atoms with van der Waals surface area (Å²) in [4.78, 5) is 29.3. The summed E-state index contributed by atoms with van der Waals surface area (Å²) in [6.07, 6.45) is -4.69. The monoisotopic (exact) mass is 405 g/mol. The average Bonchev–Trinajstić information content (AvgIpc) is 2.51. The van der Waals surface area contributed by atoms with Gasteiger partial charge in [-0.25, -0.2) is 4.98 Å². The van der Waals surface area contributed by atoms with Crippen LogP contribution in [0.15, 0.2) is 27.5 Å². The molecule has 1 aromatic carbocycles. The molecule has 24 heavy (non-hydrogen) atoms. The van der Waals surface area contributed by atoms with Gasteiger partial charge in [0, 0.05) is 17.9 Å². The quantitative estimate of drug-likeness (QED) is 0.729. The highest BCUT2D eigenvalue weighted by molar-refractivity contribution is 9.10. The van der Waals surface area contributed by atoms with Crippen molar-refractivity contribution >= 4 is 21.8 Å². The zero-order valence-electron chi connectivity index (χ0n) is 12.2. The molecule has 6 nitrogen and oxygen atoms in total. The normalized spacial score (nSPS) is 11.4. The number of carbonyl (C=O) groups excluding carboxylic acids is 1. The molecule has 10 heteroatoms. The minimum Gasteiger partial charge on any atom is -0.501 e. The molecule has 0 unspecified atom stereocenters. The van der Waals surface area contributed by atoms with Crippen LogP contribution >= 0.6 is 15.9 Å². The van der Waals surface area contributed by atoms with Gasteiger partial charge in [0.25, 0.3) is 11.5 Å². The van der Waals surface area contributed by atoms with Crippen molar-refractivity contribution in [2.75, 3.05) is 7.05 Å². The SMILES string of the molecule is CNC(=O)c1nc(Cc2cc(C(F)(F)F)ccc2Br)[nH]c(=O)c1O. The second-order valence-corrected chi connectivity index (χ2v) is 5.62. The number of carbonyl (C=O) groups is 1. The Balaban J connectivity index is 2.47. The highest BCUT2D eigenvalue weighted by atomic mass is 79.9. The van der Waals surface area contributed by atoms with Gasteiger partial charge in [0.2, 0.25) is 5.75 Å². The van der Waals surface area contributed by atoms with Crippen molar-refractivity contribution in [1.82, 2.24) is 15.3 Å². The van der Waals surface area contributed by atoms with Gasteiger partial charge in [0.15, 0.2) is 5.69 Å². The highest BCUT2D eigenvalue weighted by Gasteiger charge is 2.31. The van der Waals surface area contributed by atoms with Crippen LogP contribution in [0, 0.1) is 0 Å². The third-order valence-electron chi connectivity index (χ3n) is 3.12. The molecule has 0 aliphatic carbocycles. The van der Waals surface area contributed by atoms with E-state index in [0.29, 0.717) is 4.47 Å². The Morgan fingerprint density at radius 2 is 2.08 bits per heavy atom. The van der Waals surface area contributed by atoms with Crippen LogP contribution in [0.5, 0.6) is 5.75 Å². The van der Waals surface area contributed by atoms with Crippen molar-refractivity contribution in [2.24, 2.45) is 0 Å². The average molecular weight is 406 g/mol.